The maximum absolute atomic E-state index is 12.5. The Kier molecular flexibility index (Phi) is 3.63. The van der Waals surface area contributed by atoms with Crippen LogP contribution < -0.4 is 10.9 Å². The molecule has 0 radical (unpaired) electrons. The van der Waals surface area contributed by atoms with E-state index in [1.54, 1.807) is 0 Å². The Morgan fingerprint density at radius 3 is 2.25 bits per heavy atom. The fraction of sp³-hybridized carbons (Fsp3) is 0.0526. The largest absolute Gasteiger partial charge is 0.341 e. The Balaban J connectivity index is 1.94. The van der Waals surface area contributed by atoms with Crippen molar-refractivity contribution in [2.75, 3.05) is 5.32 Å². The van der Waals surface area contributed by atoms with Gasteiger partial charge in [-0.3, -0.25) is 9.78 Å². The molecule has 0 amide bonds. The molecule has 4 nitrogen and oxygen atoms in total. The maximum atomic E-state index is 12.5. The van der Waals surface area contributed by atoms with Gasteiger partial charge in [-0.2, -0.15) is 0 Å². The number of anilines is 1. The van der Waals surface area contributed by atoms with Gasteiger partial charge in [0.05, 0.1) is 5.56 Å². The lowest BCUT2D eigenvalue weighted by atomic mass is 9.88. The predicted octanol–water partition coefficient (Wildman–Crippen LogP) is 4.03. The number of nitrogens with one attached hydrogen (secondary N) is 3. The van der Waals surface area contributed by atoms with Crippen LogP contribution in [0.25, 0.3) is 5.70 Å². The van der Waals surface area contributed by atoms with E-state index in [-0.39, 0.29) is 11.5 Å². The van der Waals surface area contributed by atoms with Crippen LogP contribution in [-0.4, -0.2) is 9.97 Å². The molecular formula is C19H15N3OS. The van der Waals surface area contributed by atoms with Gasteiger partial charge in [-0.25, -0.2) is 0 Å². The van der Waals surface area contributed by atoms with Crippen molar-refractivity contribution in [3.63, 3.8) is 0 Å². The van der Waals surface area contributed by atoms with Crippen molar-refractivity contribution in [1.82, 2.24) is 9.97 Å². The van der Waals surface area contributed by atoms with Crippen LogP contribution in [-0.2, 0) is 0 Å². The summed E-state index contributed by atoms with van der Waals surface area (Å²) in [6.07, 6.45) is 2.08. The normalized spacial score (nSPS) is 16.0. The van der Waals surface area contributed by atoms with Gasteiger partial charge in [0.15, 0.2) is 4.77 Å². The molecule has 118 valence electrons. The van der Waals surface area contributed by atoms with Gasteiger partial charge in [-0.15, -0.1) is 0 Å². The second kappa shape index (κ2) is 5.94. The number of H-pyrrole nitrogens is 2. The predicted molar refractivity (Wildman–Crippen MR) is 98.6 cm³/mol. The molecule has 4 rings (SSSR count). The summed E-state index contributed by atoms with van der Waals surface area (Å²) in [6, 6.07) is 20.0. The first-order chi connectivity index (χ1) is 11.7. The van der Waals surface area contributed by atoms with Crippen molar-refractivity contribution in [3.05, 3.63) is 98.6 Å². The lowest BCUT2D eigenvalue weighted by Gasteiger charge is -2.25. The lowest BCUT2D eigenvalue weighted by Crippen LogP contribution is -2.24. The zero-order chi connectivity index (χ0) is 16.5. The Labute approximate surface area is 143 Å². The van der Waals surface area contributed by atoms with Gasteiger partial charge >= 0.3 is 0 Å². The third-order valence-corrected chi connectivity index (χ3v) is 4.33. The molecule has 1 aliphatic rings. The summed E-state index contributed by atoms with van der Waals surface area (Å²) < 4.78 is 0.312. The van der Waals surface area contributed by atoms with Crippen molar-refractivity contribution >= 4 is 23.7 Å². The zero-order valence-electron chi connectivity index (χ0n) is 12.7. The van der Waals surface area contributed by atoms with Gasteiger partial charge in [0, 0.05) is 11.6 Å². The van der Waals surface area contributed by atoms with E-state index in [0.29, 0.717) is 16.2 Å². The van der Waals surface area contributed by atoms with Crippen LogP contribution in [0.5, 0.6) is 0 Å². The number of allylic oxidation sites excluding steroid dienone is 1. The molecular weight excluding hydrogens is 318 g/mol. The van der Waals surface area contributed by atoms with Crippen LogP contribution in [0.4, 0.5) is 5.82 Å². The molecule has 1 unspecified atom stereocenters. The van der Waals surface area contributed by atoms with Gasteiger partial charge in [0.2, 0.25) is 0 Å². The summed E-state index contributed by atoms with van der Waals surface area (Å²) in [4.78, 5) is 18.3. The first-order valence-corrected chi connectivity index (χ1v) is 8.09. The second-order valence-corrected chi connectivity index (χ2v) is 6.06. The zero-order valence-corrected chi connectivity index (χ0v) is 13.6. The SMILES string of the molecule is O=c1[nH]c(=S)[nH]c2c1C(c1ccccc1)C=C(c1ccccc1)N2. The molecule has 1 aromatic heterocycles. The summed E-state index contributed by atoms with van der Waals surface area (Å²) in [7, 11) is 0. The highest BCUT2D eigenvalue weighted by atomic mass is 32.1. The quantitative estimate of drug-likeness (QED) is 0.621. The number of hydrogen-bond acceptors (Lipinski definition) is 3. The summed E-state index contributed by atoms with van der Waals surface area (Å²) in [6.45, 7) is 0. The highest BCUT2D eigenvalue weighted by molar-refractivity contribution is 7.71. The molecule has 0 saturated carbocycles. The second-order valence-electron chi connectivity index (χ2n) is 5.66. The van der Waals surface area contributed by atoms with E-state index in [4.69, 9.17) is 12.2 Å². The van der Waals surface area contributed by atoms with Crippen molar-refractivity contribution in [3.8, 4) is 0 Å². The van der Waals surface area contributed by atoms with Crippen LogP contribution >= 0.6 is 12.2 Å². The first-order valence-electron chi connectivity index (χ1n) is 7.68. The van der Waals surface area contributed by atoms with Crippen molar-refractivity contribution < 1.29 is 0 Å². The number of benzene rings is 2. The van der Waals surface area contributed by atoms with Crippen molar-refractivity contribution in [1.29, 1.82) is 0 Å². The lowest BCUT2D eigenvalue weighted by molar-refractivity contribution is 0.930. The van der Waals surface area contributed by atoms with E-state index >= 15 is 0 Å². The van der Waals surface area contributed by atoms with E-state index in [0.717, 1.165) is 16.8 Å². The molecule has 0 spiro atoms. The van der Waals surface area contributed by atoms with E-state index in [1.165, 1.54) is 0 Å². The monoisotopic (exact) mass is 333 g/mol. The summed E-state index contributed by atoms with van der Waals surface area (Å²) in [5, 5.41) is 3.31. The fourth-order valence-electron chi connectivity index (χ4n) is 3.03. The molecule has 3 N–H and O–H groups in total. The number of aromatic nitrogens is 2. The molecule has 1 atom stereocenters. The third-order valence-electron chi connectivity index (χ3n) is 4.13. The Morgan fingerprint density at radius 2 is 1.54 bits per heavy atom. The van der Waals surface area contributed by atoms with Gasteiger partial charge < -0.3 is 10.3 Å². The van der Waals surface area contributed by atoms with E-state index in [1.807, 2.05) is 60.7 Å². The molecule has 0 fully saturated rings. The van der Waals surface area contributed by atoms with Gasteiger partial charge in [-0.1, -0.05) is 60.7 Å². The van der Waals surface area contributed by atoms with Crippen LogP contribution in [0, 0.1) is 4.77 Å². The van der Waals surface area contributed by atoms with Crippen LogP contribution in [0.15, 0.2) is 71.5 Å². The Bertz CT molecular complexity index is 1020. The molecule has 1 aliphatic heterocycles. The van der Waals surface area contributed by atoms with Gasteiger partial charge in [0.25, 0.3) is 5.56 Å². The smallest absolute Gasteiger partial charge is 0.257 e. The fourth-order valence-corrected chi connectivity index (χ4v) is 3.22. The van der Waals surface area contributed by atoms with Crippen molar-refractivity contribution in [2.24, 2.45) is 0 Å². The molecule has 0 bridgehead atoms. The average Bonchev–Trinajstić information content (AvgIpc) is 2.62. The average molecular weight is 333 g/mol. The minimum absolute atomic E-state index is 0.145. The molecule has 2 aromatic carbocycles. The summed E-state index contributed by atoms with van der Waals surface area (Å²) in [5.74, 6) is 0.507. The molecule has 24 heavy (non-hydrogen) atoms. The molecule has 3 aromatic rings. The molecule has 0 aliphatic carbocycles. The molecule has 2 heterocycles. The number of hydrogen-bond donors (Lipinski definition) is 3. The molecule has 0 saturated heterocycles. The van der Waals surface area contributed by atoms with E-state index in [9.17, 15) is 4.79 Å². The topological polar surface area (TPSA) is 60.7 Å². The van der Waals surface area contributed by atoms with Crippen LogP contribution in [0.1, 0.15) is 22.6 Å². The summed E-state index contributed by atoms with van der Waals surface area (Å²) >= 11 is 5.13. The highest BCUT2D eigenvalue weighted by Gasteiger charge is 2.25. The minimum atomic E-state index is -0.168. The van der Waals surface area contributed by atoms with Gasteiger partial charge in [0.1, 0.15) is 5.82 Å². The maximum Gasteiger partial charge on any atom is 0.257 e. The Hall–Kier alpha value is -2.92. The van der Waals surface area contributed by atoms with E-state index < -0.39 is 0 Å². The third kappa shape index (κ3) is 2.59. The first kappa shape index (κ1) is 14.7. The standard InChI is InChI=1S/C19H15N3OS/c23-18-16-14(12-7-3-1-4-8-12)11-15(13-9-5-2-6-10-13)20-17(16)21-19(24)22-18/h1-11,14H,(H3,20,21,22,23,24). The summed E-state index contributed by atoms with van der Waals surface area (Å²) in [5.41, 5.74) is 3.55. The number of rotatable bonds is 2. The Morgan fingerprint density at radius 1 is 0.875 bits per heavy atom. The highest BCUT2D eigenvalue weighted by Crippen LogP contribution is 2.35. The van der Waals surface area contributed by atoms with Gasteiger partial charge in [-0.05, 0) is 29.4 Å². The van der Waals surface area contributed by atoms with Crippen LogP contribution in [0.2, 0.25) is 0 Å². The van der Waals surface area contributed by atoms with E-state index in [2.05, 4.69) is 21.4 Å². The number of fused-ring (bicyclic) bond motifs is 1. The van der Waals surface area contributed by atoms with Crippen LogP contribution in [0.3, 0.4) is 0 Å². The van der Waals surface area contributed by atoms with Crippen molar-refractivity contribution in [2.45, 2.75) is 5.92 Å². The number of aromatic amines is 2. The minimum Gasteiger partial charge on any atom is -0.341 e. The molecule has 5 heteroatoms.